The van der Waals surface area contributed by atoms with E-state index in [0.717, 1.165) is 11.1 Å². The molecule has 0 fully saturated rings. The fraction of sp³-hybridized carbons (Fsp3) is 0.0870. The highest BCUT2D eigenvalue weighted by molar-refractivity contribution is 6.04. The van der Waals surface area contributed by atoms with E-state index in [9.17, 15) is 9.18 Å². The Kier molecular flexibility index (Phi) is 4.80. The summed E-state index contributed by atoms with van der Waals surface area (Å²) in [5, 5.41) is 6.86. The Morgan fingerprint density at radius 1 is 1.10 bits per heavy atom. The van der Waals surface area contributed by atoms with Gasteiger partial charge in [-0.2, -0.15) is 5.10 Å². The average Bonchev–Trinajstić information content (AvgIpc) is 3.13. The Morgan fingerprint density at radius 2 is 1.97 bits per heavy atom. The van der Waals surface area contributed by atoms with Crippen LogP contribution in [0.15, 0.2) is 60.9 Å². The number of fused-ring (bicyclic) bond motifs is 1. The van der Waals surface area contributed by atoms with Gasteiger partial charge in [-0.1, -0.05) is 18.1 Å². The molecule has 29 heavy (non-hydrogen) atoms. The summed E-state index contributed by atoms with van der Waals surface area (Å²) >= 11 is 0. The maximum absolute atomic E-state index is 13.9. The summed E-state index contributed by atoms with van der Waals surface area (Å²) in [5.41, 5.74) is 4.40. The molecule has 6 heteroatoms. The van der Waals surface area contributed by atoms with Crippen molar-refractivity contribution in [3.63, 3.8) is 0 Å². The highest BCUT2D eigenvalue weighted by atomic mass is 19.1. The molecule has 1 N–H and O–H groups in total. The molecule has 0 radical (unpaired) electrons. The van der Waals surface area contributed by atoms with E-state index in [0.29, 0.717) is 22.5 Å². The number of rotatable bonds is 2. The number of carbonyl (C=O) groups excluding carboxylic acids is 1. The summed E-state index contributed by atoms with van der Waals surface area (Å²) in [7, 11) is 0. The molecule has 0 aliphatic rings. The van der Waals surface area contributed by atoms with Crippen molar-refractivity contribution in [3.8, 4) is 11.8 Å². The molecule has 4 aromatic rings. The SMILES string of the molecule is Cc1ccc(F)c(NC(=O)c2ccc(C)c(C#Cc3cnc4cccnn34)c2)c1. The van der Waals surface area contributed by atoms with Gasteiger partial charge in [0.15, 0.2) is 5.65 Å². The van der Waals surface area contributed by atoms with E-state index >= 15 is 0 Å². The van der Waals surface area contributed by atoms with Crippen LogP contribution in [0, 0.1) is 31.5 Å². The molecule has 142 valence electrons. The minimum Gasteiger partial charge on any atom is -0.319 e. The Bertz CT molecular complexity index is 1300. The first-order valence-electron chi connectivity index (χ1n) is 9.00. The maximum Gasteiger partial charge on any atom is 0.255 e. The van der Waals surface area contributed by atoms with Crippen molar-refractivity contribution < 1.29 is 9.18 Å². The Labute approximate surface area is 167 Å². The lowest BCUT2D eigenvalue weighted by Gasteiger charge is -2.08. The Morgan fingerprint density at radius 3 is 2.83 bits per heavy atom. The molecule has 5 nitrogen and oxygen atoms in total. The number of aromatic nitrogens is 3. The summed E-state index contributed by atoms with van der Waals surface area (Å²) in [4.78, 5) is 16.9. The zero-order valence-electron chi connectivity index (χ0n) is 15.9. The van der Waals surface area contributed by atoms with Gasteiger partial charge in [0.05, 0.1) is 11.9 Å². The molecule has 0 saturated heterocycles. The van der Waals surface area contributed by atoms with Gasteiger partial charge >= 0.3 is 0 Å². The van der Waals surface area contributed by atoms with Crippen LogP contribution in [-0.4, -0.2) is 20.5 Å². The second kappa shape index (κ2) is 7.56. The van der Waals surface area contributed by atoms with Gasteiger partial charge in [0, 0.05) is 17.3 Å². The Hall–Kier alpha value is -3.98. The third-order valence-electron chi connectivity index (χ3n) is 4.47. The zero-order chi connectivity index (χ0) is 20.4. The van der Waals surface area contributed by atoms with Crippen LogP contribution >= 0.6 is 0 Å². The third-order valence-corrected chi connectivity index (χ3v) is 4.47. The van der Waals surface area contributed by atoms with Crippen LogP contribution in [0.25, 0.3) is 5.65 Å². The number of benzene rings is 2. The van der Waals surface area contributed by atoms with E-state index in [1.165, 1.54) is 6.07 Å². The Balaban J connectivity index is 1.63. The quantitative estimate of drug-likeness (QED) is 0.529. The number of carbonyl (C=O) groups is 1. The molecular formula is C23H17FN4O. The molecule has 1 amide bonds. The molecule has 0 bridgehead atoms. The van der Waals surface area contributed by atoms with Crippen molar-refractivity contribution in [1.29, 1.82) is 0 Å². The first-order chi connectivity index (χ1) is 14.0. The fourth-order valence-corrected chi connectivity index (χ4v) is 2.87. The van der Waals surface area contributed by atoms with Crippen LogP contribution in [0.5, 0.6) is 0 Å². The minimum atomic E-state index is -0.476. The largest absolute Gasteiger partial charge is 0.319 e. The number of nitrogens with zero attached hydrogens (tertiary/aromatic N) is 3. The number of halogens is 1. The summed E-state index contributed by atoms with van der Waals surface area (Å²) in [6.07, 6.45) is 3.32. The van der Waals surface area contributed by atoms with Crippen LogP contribution in [0.3, 0.4) is 0 Å². The van der Waals surface area contributed by atoms with Crippen molar-refractivity contribution in [3.05, 3.63) is 94.7 Å². The number of anilines is 1. The maximum atomic E-state index is 13.9. The van der Waals surface area contributed by atoms with Crippen LogP contribution in [0.4, 0.5) is 10.1 Å². The van der Waals surface area contributed by atoms with Crippen LogP contribution < -0.4 is 5.32 Å². The van der Waals surface area contributed by atoms with Gasteiger partial charge in [-0.05, 0) is 67.3 Å². The first-order valence-corrected chi connectivity index (χ1v) is 9.00. The predicted octanol–water partition coefficient (Wildman–Crippen LogP) is 4.14. The number of hydrogen-bond acceptors (Lipinski definition) is 3. The van der Waals surface area contributed by atoms with Gasteiger partial charge in [0.2, 0.25) is 0 Å². The standard InChI is InChI=1S/C23H17FN4O/c1-15-5-10-20(24)21(12-15)27-23(29)18-7-6-16(2)17(13-18)8-9-19-14-25-22-4-3-11-26-28(19)22/h3-7,10-14H,1-2H3,(H,27,29). The van der Waals surface area contributed by atoms with Crippen LogP contribution in [0.1, 0.15) is 32.7 Å². The second-order valence-electron chi connectivity index (χ2n) is 6.65. The molecule has 0 aliphatic heterocycles. The number of nitrogens with one attached hydrogen (secondary N) is 1. The monoisotopic (exact) mass is 384 g/mol. The lowest BCUT2D eigenvalue weighted by Crippen LogP contribution is -2.13. The molecule has 0 unspecified atom stereocenters. The second-order valence-corrected chi connectivity index (χ2v) is 6.65. The number of hydrogen-bond donors (Lipinski definition) is 1. The van der Waals surface area contributed by atoms with E-state index < -0.39 is 11.7 Å². The zero-order valence-corrected chi connectivity index (χ0v) is 15.9. The smallest absolute Gasteiger partial charge is 0.255 e. The fourth-order valence-electron chi connectivity index (χ4n) is 2.87. The molecule has 2 heterocycles. The van der Waals surface area contributed by atoms with E-state index in [2.05, 4.69) is 27.2 Å². The summed E-state index contributed by atoms with van der Waals surface area (Å²) in [5.74, 6) is 5.27. The third kappa shape index (κ3) is 3.85. The topological polar surface area (TPSA) is 59.3 Å². The van der Waals surface area contributed by atoms with Crippen LogP contribution in [0.2, 0.25) is 0 Å². The lowest BCUT2D eigenvalue weighted by molar-refractivity contribution is 0.102. The van der Waals surface area contributed by atoms with E-state index in [1.807, 2.05) is 32.0 Å². The predicted molar refractivity (Wildman–Crippen MR) is 109 cm³/mol. The van der Waals surface area contributed by atoms with Crippen molar-refractivity contribution >= 4 is 17.2 Å². The van der Waals surface area contributed by atoms with E-state index in [-0.39, 0.29) is 5.69 Å². The van der Waals surface area contributed by atoms with Gasteiger partial charge in [0.1, 0.15) is 11.5 Å². The van der Waals surface area contributed by atoms with Crippen molar-refractivity contribution in [2.24, 2.45) is 0 Å². The summed E-state index contributed by atoms with van der Waals surface area (Å²) in [6.45, 7) is 3.75. The molecule has 2 aromatic heterocycles. The van der Waals surface area contributed by atoms with Crippen LogP contribution in [-0.2, 0) is 0 Å². The summed E-state index contributed by atoms with van der Waals surface area (Å²) < 4.78 is 15.6. The van der Waals surface area contributed by atoms with Gasteiger partial charge in [-0.15, -0.1) is 0 Å². The van der Waals surface area contributed by atoms with E-state index in [4.69, 9.17) is 0 Å². The normalized spacial score (nSPS) is 10.4. The highest BCUT2D eigenvalue weighted by Crippen LogP contribution is 2.18. The molecule has 2 aromatic carbocycles. The molecule has 0 saturated carbocycles. The molecule has 4 rings (SSSR count). The summed E-state index contributed by atoms with van der Waals surface area (Å²) in [6, 6.07) is 13.4. The van der Waals surface area contributed by atoms with Gasteiger partial charge in [-0.25, -0.2) is 13.9 Å². The first kappa shape index (κ1) is 18.4. The molecular weight excluding hydrogens is 367 g/mol. The minimum absolute atomic E-state index is 0.153. The average molecular weight is 384 g/mol. The van der Waals surface area contributed by atoms with Gasteiger partial charge < -0.3 is 5.32 Å². The lowest BCUT2D eigenvalue weighted by atomic mass is 10.0. The molecule has 0 atom stereocenters. The van der Waals surface area contributed by atoms with Crippen molar-refractivity contribution in [2.45, 2.75) is 13.8 Å². The molecule has 0 aliphatic carbocycles. The van der Waals surface area contributed by atoms with Gasteiger partial charge in [-0.3, -0.25) is 4.79 Å². The highest BCUT2D eigenvalue weighted by Gasteiger charge is 2.11. The van der Waals surface area contributed by atoms with Crippen molar-refractivity contribution in [1.82, 2.24) is 14.6 Å². The number of imidazole rings is 1. The van der Waals surface area contributed by atoms with E-state index in [1.54, 1.807) is 41.2 Å². The molecule has 0 spiro atoms. The van der Waals surface area contributed by atoms with Gasteiger partial charge in [0.25, 0.3) is 5.91 Å². The van der Waals surface area contributed by atoms with Crippen molar-refractivity contribution in [2.75, 3.05) is 5.32 Å². The number of amides is 1. The number of aryl methyl sites for hydroxylation is 2.